The normalized spacial score (nSPS) is 11.6. The summed E-state index contributed by atoms with van der Waals surface area (Å²) in [6.45, 7) is 9.67. The Labute approximate surface area is 200 Å². The average Bonchev–Trinajstić information content (AvgIpc) is 2.84. The summed E-state index contributed by atoms with van der Waals surface area (Å²) in [7, 11) is 0. The number of unbranched alkanes of at least 4 members (excludes halogenated alkanes) is 5. The van der Waals surface area contributed by atoms with Gasteiger partial charge in [0.2, 0.25) is 0 Å². The molecule has 33 heavy (non-hydrogen) atoms. The fourth-order valence-electron chi connectivity index (χ4n) is 3.38. The van der Waals surface area contributed by atoms with Crippen LogP contribution in [-0.4, -0.2) is 19.2 Å². The largest absolute Gasteiger partial charge is 0.494 e. The summed E-state index contributed by atoms with van der Waals surface area (Å²) < 4.78 is 17.0. The molecule has 180 valence electrons. The van der Waals surface area contributed by atoms with E-state index in [9.17, 15) is 4.79 Å². The van der Waals surface area contributed by atoms with Crippen molar-refractivity contribution in [2.45, 2.75) is 71.6 Å². The lowest BCUT2D eigenvalue weighted by Crippen LogP contribution is -2.08. The molecule has 1 unspecified atom stereocenters. The number of rotatable bonds is 17. The molecule has 4 nitrogen and oxygen atoms in total. The highest BCUT2D eigenvalue weighted by atomic mass is 16.5. The van der Waals surface area contributed by atoms with Crippen LogP contribution < -0.4 is 14.2 Å². The van der Waals surface area contributed by atoms with Gasteiger partial charge in [-0.25, -0.2) is 4.79 Å². The Balaban J connectivity index is 1.67. The van der Waals surface area contributed by atoms with Crippen LogP contribution in [-0.2, 0) is 0 Å². The number of ether oxygens (including phenoxy) is 3. The first-order valence-electron chi connectivity index (χ1n) is 12.4. The molecular weight excluding hydrogens is 412 g/mol. The van der Waals surface area contributed by atoms with Gasteiger partial charge in [0.1, 0.15) is 17.2 Å². The molecule has 1 atom stereocenters. The second kappa shape index (κ2) is 16.0. The van der Waals surface area contributed by atoms with Gasteiger partial charge in [-0.2, -0.15) is 0 Å². The van der Waals surface area contributed by atoms with Crippen molar-refractivity contribution < 1.29 is 19.0 Å². The smallest absolute Gasteiger partial charge is 0.343 e. The van der Waals surface area contributed by atoms with Crippen LogP contribution in [0.1, 0.15) is 82.0 Å². The maximum Gasteiger partial charge on any atom is 0.343 e. The molecule has 0 N–H and O–H groups in total. The number of carbonyl (C=O) groups is 1. The van der Waals surface area contributed by atoms with E-state index in [0.29, 0.717) is 24.5 Å². The summed E-state index contributed by atoms with van der Waals surface area (Å²) >= 11 is 0. The molecule has 2 rings (SSSR count). The lowest BCUT2D eigenvalue weighted by molar-refractivity contribution is 0.0734. The molecule has 0 heterocycles. The molecular formula is C29H40O4. The van der Waals surface area contributed by atoms with Gasteiger partial charge in [-0.3, -0.25) is 0 Å². The van der Waals surface area contributed by atoms with E-state index >= 15 is 0 Å². The van der Waals surface area contributed by atoms with E-state index in [1.54, 1.807) is 24.3 Å². The fraction of sp³-hybridized carbons (Fsp3) is 0.483. The molecule has 0 amide bonds. The van der Waals surface area contributed by atoms with Crippen molar-refractivity contribution in [3.63, 3.8) is 0 Å². The van der Waals surface area contributed by atoms with Gasteiger partial charge in [0.05, 0.1) is 18.8 Å². The molecule has 0 aliphatic heterocycles. The number of esters is 1. The van der Waals surface area contributed by atoms with Crippen molar-refractivity contribution in [1.29, 1.82) is 0 Å². The summed E-state index contributed by atoms with van der Waals surface area (Å²) in [5, 5.41) is 0. The van der Waals surface area contributed by atoms with Crippen molar-refractivity contribution >= 4 is 5.97 Å². The minimum Gasteiger partial charge on any atom is -0.494 e. The van der Waals surface area contributed by atoms with Gasteiger partial charge in [-0.15, -0.1) is 6.58 Å². The predicted octanol–water partition coefficient (Wildman–Crippen LogP) is 8.02. The minimum absolute atomic E-state index is 0.387. The van der Waals surface area contributed by atoms with Crippen LogP contribution in [0.4, 0.5) is 0 Å². The van der Waals surface area contributed by atoms with Crippen LogP contribution in [0.5, 0.6) is 17.2 Å². The first kappa shape index (κ1) is 26.5. The molecule has 0 radical (unpaired) electrons. The topological polar surface area (TPSA) is 44.8 Å². The molecule has 0 saturated carbocycles. The lowest BCUT2D eigenvalue weighted by atomic mass is 10.0. The van der Waals surface area contributed by atoms with Crippen molar-refractivity contribution in [1.82, 2.24) is 0 Å². The van der Waals surface area contributed by atoms with Gasteiger partial charge in [0, 0.05) is 0 Å². The zero-order valence-electron chi connectivity index (χ0n) is 20.4. The van der Waals surface area contributed by atoms with E-state index in [0.717, 1.165) is 49.5 Å². The number of hydrogen-bond donors (Lipinski definition) is 0. The van der Waals surface area contributed by atoms with Crippen LogP contribution in [0.25, 0.3) is 0 Å². The number of allylic oxidation sites excluding steroid dienone is 1. The number of carbonyl (C=O) groups excluding carboxylic acids is 1. The zero-order valence-corrected chi connectivity index (χ0v) is 20.4. The van der Waals surface area contributed by atoms with Gasteiger partial charge in [-0.1, -0.05) is 45.6 Å². The second-order valence-corrected chi connectivity index (χ2v) is 8.58. The lowest BCUT2D eigenvalue weighted by Gasteiger charge is -2.09. The quantitative estimate of drug-likeness (QED) is 0.105. The van der Waals surface area contributed by atoms with Crippen molar-refractivity contribution in [3.8, 4) is 17.2 Å². The molecule has 0 bridgehead atoms. The van der Waals surface area contributed by atoms with Crippen LogP contribution in [0.15, 0.2) is 61.2 Å². The average molecular weight is 453 g/mol. The Hall–Kier alpha value is -2.75. The third-order valence-electron chi connectivity index (χ3n) is 5.75. The van der Waals surface area contributed by atoms with Crippen LogP contribution in [0, 0.1) is 5.92 Å². The van der Waals surface area contributed by atoms with Crippen molar-refractivity contribution in [2.24, 2.45) is 5.92 Å². The first-order valence-corrected chi connectivity index (χ1v) is 12.4. The third kappa shape index (κ3) is 11.1. The SMILES string of the molecule is C=CCCCCCOc1ccc(OC(=O)c2ccc(OCCCCCC(C)CC)cc2)cc1. The van der Waals surface area contributed by atoms with Gasteiger partial charge in [0.15, 0.2) is 0 Å². The highest BCUT2D eigenvalue weighted by molar-refractivity contribution is 5.91. The standard InChI is InChI=1S/C29H40O4/c1-4-6-7-8-11-22-32-27-18-20-28(21-19-27)33-29(30)25-14-16-26(17-15-25)31-23-12-9-10-13-24(3)5-2/h4,14-21,24H,1,5-13,22-23H2,2-3H3. The molecule has 2 aromatic carbocycles. The van der Waals surface area contributed by atoms with Gasteiger partial charge in [0.25, 0.3) is 0 Å². The van der Waals surface area contributed by atoms with E-state index in [1.807, 2.05) is 30.3 Å². The summed E-state index contributed by atoms with van der Waals surface area (Å²) in [5.74, 6) is 2.48. The molecule has 0 fully saturated rings. The van der Waals surface area contributed by atoms with Gasteiger partial charge in [-0.05, 0) is 86.6 Å². The molecule has 0 aliphatic carbocycles. The Morgan fingerprint density at radius 3 is 1.94 bits per heavy atom. The summed E-state index contributed by atoms with van der Waals surface area (Å²) in [5.41, 5.74) is 0.496. The minimum atomic E-state index is -0.387. The van der Waals surface area contributed by atoms with E-state index in [2.05, 4.69) is 20.4 Å². The Morgan fingerprint density at radius 1 is 0.818 bits per heavy atom. The molecule has 0 aliphatic rings. The number of hydrogen-bond acceptors (Lipinski definition) is 4. The summed E-state index contributed by atoms with van der Waals surface area (Å²) in [6.07, 6.45) is 12.3. The fourth-order valence-corrected chi connectivity index (χ4v) is 3.38. The molecule has 0 saturated heterocycles. The molecule has 4 heteroatoms. The van der Waals surface area contributed by atoms with Crippen molar-refractivity contribution in [3.05, 3.63) is 66.7 Å². The van der Waals surface area contributed by atoms with E-state index < -0.39 is 0 Å². The molecule has 2 aromatic rings. The maximum atomic E-state index is 12.4. The second-order valence-electron chi connectivity index (χ2n) is 8.58. The molecule has 0 spiro atoms. The third-order valence-corrected chi connectivity index (χ3v) is 5.75. The summed E-state index contributed by atoms with van der Waals surface area (Å²) in [6, 6.07) is 14.3. The maximum absolute atomic E-state index is 12.4. The van der Waals surface area contributed by atoms with Crippen LogP contribution in [0.3, 0.4) is 0 Å². The predicted molar refractivity (Wildman–Crippen MR) is 135 cm³/mol. The van der Waals surface area contributed by atoms with Gasteiger partial charge >= 0.3 is 5.97 Å². The van der Waals surface area contributed by atoms with E-state index in [1.165, 1.54) is 25.7 Å². The van der Waals surface area contributed by atoms with E-state index in [4.69, 9.17) is 14.2 Å². The van der Waals surface area contributed by atoms with E-state index in [-0.39, 0.29) is 5.97 Å². The monoisotopic (exact) mass is 452 g/mol. The van der Waals surface area contributed by atoms with Gasteiger partial charge < -0.3 is 14.2 Å². The van der Waals surface area contributed by atoms with Crippen LogP contribution >= 0.6 is 0 Å². The molecule has 0 aromatic heterocycles. The Kier molecular flexibility index (Phi) is 12.8. The summed E-state index contributed by atoms with van der Waals surface area (Å²) in [4.78, 5) is 12.4. The zero-order chi connectivity index (χ0) is 23.7. The first-order chi connectivity index (χ1) is 16.1. The highest BCUT2D eigenvalue weighted by Gasteiger charge is 2.09. The highest BCUT2D eigenvalue weighted by Crippen LogP contribution is 2.20. The Morgan fingerprint density at radius 2 is 1.36 bits per heavy atom. The van der Waals surface area contributed by atoms with Crippen molar-refractivity contribution in [2.75, 3.05) is 13.2 Å². The number of benzene rings is 2. The Bertz CT molecular complexity index is 795. The van der Waals surface area contributed by atoms with Crippen LogP contribution in [0.2, 0.25) is 0 Å².